The predicted octanol–water partition coefficient (Wildman–Crippen LogP) is 3.64. The fraction of sp³-hybridized carbons (Fsp3) is 0.222. The monoisotopic (exact) mass is 266 g/mol. The van der Waals surface area contributed by atoms with E-state index in [9.17, 15) is 0 Å². The van der Waals surface area contributed by atoms with Crippen LogP contribution in [-0.2, 0) is 0 Å². The second-order valence-corrected chi connectivity index (χ2v) is 5.13. The average Bonchev–Trinajstić information content (AvgIpc) is 2.49. The molecule has 2 heteroatoms. The summed E-state index contributed by atoms with van der Waals surface area (Å²) in [4.78, 5) is 0. The minimum Gasteiger partial charge on any atom is -0.399 e. The lowest BCUT2D eigenvalue weighted by Crippen LogP contribution is -2.07. The molecule has 0 fully saturated rings. The number of rotatable bonds is 4. The molecule has 0 aromatic heterocycles. The highest BCUT2D eigenvalue weighted by molar-refractivity contribution is 5.40. The summed E-state index contributed by atoms with van der Waals surface area (Å²) in [7, 11) is 0. The zero-order valence-electron chi connectivity index (χ0n) is 11.8. The van der Waals surface area contributed by atoms with Crippen LogP contribution in [0.25, 0.3) is 0 Å². The largest absolute Gasteiger partial charge is 0.399 e. The quantitative estimate of drug-likeness (QED) is 0.763. The highest BCUT2D eigenvalue weighted by Gasteiger charge is 2.08. The highest BCUT2D eigenvalue weighted by Crippen LogP contribution is 2.22. The maximum absolute atomic E-state index is 6.09. The maximum atomic E-state index is 6.09. The van der Waals surface area contributed by atoms with Gasteiger partial charge in [0.05, 0.1) is 0 Å². The molecule has 0 spiro atoms. The van der Waals surface area contributed by atoms with E-state index in [0.29, 0.717) is 11.6 Å². The van der Waals surface area contributed by atoms with Crippen LogP contribution in [0, 0.1) is 5.92 Å². The Labute approximate surface area is 121 Å². The summed E-state index contributed by atoms with van der Waals surface area (Å²) in [5.74, 6) is 0.338. The van der Waals surface area contributed by atoms with Crippen molar-refractivity contribution < 1.29 is 0 Å². The van der Waals surface area contributed by atoms with Crippen LogP contribution >= 0.6 is 0 Å². The summed E-state index contributed by atoms with van der Waals surface area (Å²) in [6.07, 6.45) is 21.4. The van der Waals surface area contributed by atoms with Gasteiger partial charge < -0.3 is 11.5 Å². The molecule has 0 aliphatic heterocycles. The van der Waals surface area contributed by atoms with Crippen LogP contribution in [-0.4, -0.2) is 0 Å². The van der Waals surface area contributed by atoms with Gasteiger partial charge >= 0.3 is 0 Å². The van der Waals surface area contributed by atoms with E-state index >= 15 is 0 Å². The molecular weight excluding hydrogens is 244 g/mol. The third-order valence-electron chi connectivity index (χ3n) is 3.52. The van der Waals surface area contributed by atoms with Crippen molar-refractivity contribution in [1.29, 1.82) is 0 Å². The summed E-state index contributed by atoms with van der Waals surface area (Å²) in [6, 6.07) is 0. The number of allylic oxidation sites excluding steroid dienone is 11. The Balaban J connectivity index is 2.04. The Bertz CT molecular complexity index is 554. The number of hydrogen-bond acceptors (Lipinski definition) is 2. The molecular formula is C18H22N2. The molecule has 0 amide bonds. The second kappa shape index (κ2) is 6.80. The maximum Gasteiger partial charge on any atom is 0.0367 e. The zero-order valence-corrected chi connectivity index (χ0v) is 11.8. The molecule has 0 saturated carbocycles. The Morgan fingerprint density at radius 3 is 2.65 bits per heavy atom. The predicted molar refractivity (Wildman–Crippen MR) is 86.5 cm³/mol. The van der Waals surface area contributed by atoms with Crippen molar-refractivity contribution in [2.24, 2.45) is 17.4 Å². The van der Waals surface area contributed by atoms with Gasteiger partial charge in [-0.25, -0.2) is 0 Å². The lowest BCUT2D eigenvalue weighted by Gasteiger charge is -2.14. The molecule has 0 radical (unpaired) electrons. The Morgan fingerprint density at radius 1 is 1.15 bits per heavy atom. The topological polar surface area (TPSA) is 52.0 Å². The van der Waals surface area contributed by atoms with E-state index in [0.717, 1.165) is 36.1 Å². The first-order chi connectivity index (χ1) is 9.66. The van der Waals surface area contributed by atoms with E-state index in [1.54, 1.807) is 0 Å². The van der Waals surface area contributed by atoms with E-state index in [2.05, 4.69) is 30.9 Å². The molecule has 20 heavy (non-hydrogen) atoms. The second-order valence-electron chi connectivity index (χ2n) is 5.13. The fourth-order valence-electron chi connectivity index (χ4n) is 2.33. The molecule has 1 unspecified atom stereocenters. The van der Waals surface area contributed by atoms with Crippen LogP contribution in [0.4, 0.5) is 0 Å². The third kappa shape index (κ3) is 3.89. The number of nitrogens with two attached hydrogens (primary N) is 2. The Kier molecular flexibility index (Phi) is 4.83. The molecule has 104 valence electrons. The molecule has 2 aliphatic carbocycles. The SMILES string of the molecule is C=C(/C=C(N)\C=C(/N)C1=CC=CCC1)C1C=CC=CC1. The molecule has 0 aromatic carbocycles. The van der Waals surface area contributed by atoms with Crippen LogP contribution < -0.4 is 11.5 Å². The van der Waals surface area contributed by atoms with Crippen molar-refractivity contribution in [2.75, 3.05) is 0 Å². The van der Waals surface area contributed by atoms with Crippen molar-refractivity contribution in [3.05, 3.63) is 83.8 Å². The van der Waals surface area contributed by atoms with E-state index in [1.165, 1.54) is 0 Å². The Hall–Kier alpha value is -2.22. The summed E-state index contributed by atoms with van der Waals surface area (Å²) >= 11 is 0. The molecule has 2 aliphatic rings. The summed E-state index contributed by atoms with van der Waals surface area (Å²) < 4.78 is 0. The molecule has 0 heterocycles. The van der Waals surface area contributed by atoms with Crippen LogP contribution in [0.15, 0.2) is 83.8 Å². The van der Waals surface area contributed by atoms with E-state index in [1.807, 2.05) is 30.4 Å². The smallest absolute Gasteiger partial charge is 0.0367 e. The molecule has 2 nitrogen and oxygen atoms in total. The standard InChI is InChI=1S/C18H22N2/c1-14(15-8-4-2-5-9-15)12-17(19)13-18(20)16-10-6-3-7-11-16/h2-6,8,10,12-13,15H,1,7,9,11,19-20H2/b17-12+,18-13-. The molecule has 0 bridgehead atoms. The molecule has 0 saturated heterocycles. The normalized spacial score (nSPS) is 22.8. The summed E-state index contributed by atoms with van der Waals surface area (Å²) in [5, 5.41) is 0. The van der Waals surface area contributed by atoms with Gasteiger partial charge in [-0.1, -0.05) is 49.1 Å². The molecule has 4 N–H and O–H groups in total. The average molecular weight is 266 g/mol. The van der Waals surface area contributed by atoms with Crippen LogP contribution in [0.5, 0.6) is 0 Å². The lowest BCUT2D eigenvalue weighted by atomic mass is 9.92. The first-order valence-corrected chi connectivity index (χ1v) is 6.99. The van der Waals surface area contributed by atoms with Crippen LogP contribution in [0.1, 0.15) is 19.3 Å². The number of hydrogen-bond donors (Lipinski definition) is 2. The van der Waals surface area contributed by atoms with Gasteiger partial charge in [0.15, 0.2) is 0 Å². The lowest BCUT2D eigenvalue weighted by molar-refractivity contribution is 0.788. The van der Waals surface area contributed by atoms with Crippen molar-refractivity contribution >= 4 is 0 Å². The van der Waals surface area contributed by atoms with Gasteiger partial charge in [-0.2, -0.15) is 0 Å². The third-order valence-corrected chi connectivity index (χ3v) is 3.52. The molecule has 0 aromatic rings. The van der Waals surface area contributed by atoms with Crippen molar-refractivity contribution in [1.82, 2.24) is 0 Å². The van der Waals surface area contributed by atoms with Crippen molar-refractivity contribution in [3.8, 4) is 0 Å². The first-order valence-electron chi connectivity index (χ1n) is 6.99. The first kappa shape index (κ1) is 14.2. The van der Waals surface area contributed by atoms with Gasteiger partial charge in [-0.15, -0.1) is 0 Å². The summed E-state index contributed by atoms with van der Waals surface area (Å²) in [5.41, 5.74) is 15.7. The van der Waals surface area contributed by atoms with Gasteiger partial charge in [-0.05, 0) is 42.6 Å². The van der Waals surface area contributed by atoms with Crippen LogP contribution in [0.2, 0.25) is 0 Å². The van der Waals surface area contributed by atoms with E-state index in [-0.39, 0.29) is 0 Å². The van der Waals surface area contributed by atoms with E-state index < -0.39 is 0 Å². The fourth-order valence-corrected chi connectivity index (χ4v) is 2.33. The highest BCUT2D eigenvalue weighted by atomic mass is 14.6. The zero-order chi connectivity index (χ0) is 14.4. The molecule has 2 rings (SSSR count). The Morgan fingerprint density at radius 2 is 2.00 bits per heavy atom. The van der Waals surface area contributed by atoms with Crippen molar-refractivity contribution in [2.45, 2.75) is 19.3 Å². The van der Waals surface area contributed by atoms with Crippen LogP contribution in [0.3, 0.4) is 0 Å². The van der Waals surface area contributed by atoms with E-state index in [4.69, 9.17) is 11.5 Å². The molecule has 1 atom stereocenters. The minimum absolute atomic E-state index is 0.338. The summed E-state index contributed by atoms with van der Waals surface area (Å²) in [6.45, 7) is 4.10. The minimum atomic E-state index is 0.338. The van der Waals surface area contributed by atoms with Gasteiger partial charge in [0, 0.05) is 17.3 Å². The van der Waals surface area contributed by atoms with Crippen molar-refractivity contribution in [3.63, 3.8) is 0 Å². The van der Waals surface area contributed by atoms with Gasteiger partial charge in [0.25, 0.3) is 0 Å². The van der Waals surface area contributed by atoms with Gasteiger partial charge in [-0.3, -0.25) is 0 Å². The van der Waals surface area contributed by atoms with Gasteiger partial charge in [0.2, 0.25) is 0 Å². The van der Waals surface area contributed by atoms with Gasteiger partial charge in [0.1, 0.15) is 0 Å².